The van der Waals surface area contributed by atoms with Gasteiger partial charge in [-0.05, 0) is 25.5 Å². The Morgan fingerprint density at radius 3 is 2.65 bits per heavy atom. The van der Waals surface area contributed by atoms with Crippen LogP contribution in [0.25, 0.3) is 0 Å². The van der Waals surface area contributed by atoms with E-state index in [2.05, 4.69) is 0 Å². The molecule has 4 heteroatoms. The van der Waals surface area contributed by atoms with Crippen LogP contribution in [0, 0.1) is 0 Å². The lowest BCUT2D eigenvalue weighted by Crippen LogP contribution is -2.31. The second-order valence-electron chi connectivity index (χ2n) is 3.81. The molecule has 0 aromatic heterocycles. The number of benzene rings is 1. The van der Waals surface area contributed by atoms with E-state index in [0.29, 0.717) is 23.5 Å². The summed E-state index contributed by atoms with van der Waals surface area (Å²) in [7, 11) is 1.53. The Balaban J connectivity index is 3.06. The van der Waals surface area contributed by atoms with Gasteiger partial charge >= 0.3 is 0 Å². The largest absolute Gasteiger partial charge is 0.494 e. The first kappa shape index (κ1) is 13.4. The van der Waals surface area contributed by atoms with E-state index in [9.17, 15) is 4.79 Å². The summed E-state index contributed by atoms with van der Waals surface area (Å²) in [5, 5.41) is 0. The zero-order valence-corrected chi connectivity index (χ0v) is 10.7. The second-order valence-corrected chi connectivity index (χ2v) is 3.81. The quantitative estimate of drug-likeness (QED) is 0.797. The van der Waals surface area contributed by atoms with Crippen molar-refractivity contribution >= 4 is 11.6 Å². The summed E-state index contributed by atoms with van der Waals surface area (Å²) >= 11 is 0. The van der Waals surface area contributed by atoms with Crippen LogP contribution in [-0.2, 0) is 0 Å². The Kier molecular flexibility index (Phi) is 4.82. The van der Waals surface area contributed by atoms with E-state index >= 15 is 0 Å². The number of ether oxygens (including phenoxy) is 1. The summed E-state index contributed by atoms with van der Waals surface area (Å²) in [4.78, 5) is 14.1. The highest BCUT2D eigenvalue weighted by Gasteiger charge is 2.18. The molecule has 0 unspecified atom stereocenters. The van der Waals surface area contributed by atoms with Crippen molar-refractivity contribution in [3.05, 3.63) is 23.8 Å². The molecule has 94 valence electrons. The van der Waals surface area contributed by atoms with Crippen molar-refractivity contribution in [3.63, 3.8) is 0 Å². The molecule has 0 saturated carbocycles. The monoisotopic (exact) mass is 236 g/mol. The van der Waals surface area contributed by atoms with E-state index < -0.39 is 0 Å². The standard InChI is InChI=1S/C13H20N2O2/c1-4-9-15(5-2)13(16)10-7-6-8-11(14)12(10)17-3/h6-8H,4-5,9,14H2,1-3H3. The molecule has 1 rings (SSSR count). The third-order valence-corrected chi connectivity index (χ3v) is 2.64. The molecule has 0 heterocycles. The fourth-order valence-electron chi connectivity index (χ4n) is 1.79. The van der Waals surface area contributed by atoms with Gasteiger partial charge in [0.2, 0.25) is 0 Å². The van der Waals surface area contributed by atoms with Gasteiger partial charge in [0.15, 0.2) is 5.75 Å². The molecule has 0 spiro atoms. The third-order valence-electron chi connectivity index (χ3n) is 2.64. The molecule has 0 bridgehead atoms. The molecule has 0 radical (unpaired) electrons. The zero-order chi connectivity index (χ0) is 12.8. The van der Waals surface area contributed by atoms with Crippen molar-refractivity contribution in [2.45, 2.75) is 20.3 Å². The fourth-order valence-corrected chi connectivity index (χ4v) is 1.79. The van der Waals surface area contributed by atoms with Crippen molar-refractivity contribution in [2.24, 2.45) is 0 Å². The summed E-state index contributed by atoms with van der Waals surface area (Å²) in [6.07, 6.45) is 0.935. The predicted octanol–water partition coefficient (Wildman–Crippen LogP) is 2.15. The van der Waals surface area contributed by atoms with E-state index in [1.165, 1.54) is 7.11 Å². The van der Waals surface area contributed by atoms with Gasteiger partial charge in [0, 0.05) is 13.1 Å². The van der Waals surface area contributed by atoms with Crippen LogP contribution in [-0.4, -0.2) is 31.0 Å². The number of hydrogen-bond acceptors (Lipinski definition) is 3. The van der Waals surface area contributed by atoms with E-state index in [4.69, 9.17) is 10.5 Å². The Hall–Kier alpha value is -1.71. The fraction of sp³-hybridized carbons (Fsp3) is 0.462. The number of hydrogen-bond donors (Lipinski definition) is 1. The zero-order valence-electron chi connectivity index (χ0n) is 10.7. The van der Waals surface area contributed by atoms with Gasteiger partial charge in [-0.15, -0.1) is 0 Å². The number of nitrogen functional groups attached to an aromatic ring is 1. The van der Waals surface area contributed by atoms with Crippen molar-refractivity contribution in [1.82, 2.24) is 4.90 Å². The first-order chi connectivity index (χ1) is 8.15. The molecule has 17 heavy (non-hydrogen) atoms. The van der Waals surface area contributed by atoms with Crippen molar-refractivity contribution in [3.8, 4) is 5.75 Å². The minimum absolute atomic E-state index is 0.0292. The molecular formula is C13H20N2O2. The summed E-state index contributed by atoms with van der Waals surface area (Å²) in [6.45, 7) is 5.44. The van der Waals surface area contributed by atoms with Gasteiger partial charge in [0.1, 0.15) is 0 Å². The van der Waals surface area contributed by atoms with E-state index in [-0.39, 0.29) is 5.91 Å². The molecule has 0 aliphatic carbocycles. The lowest BCUT2D eigenvalue weighted by molar-refractivity contribution is 0.0761. The number of amides is 1. The number of nitrogens with two attached hydrogens (primary N) is 1. The lowest BCUT2D eigenvalue weighted by Gasteiger charge is -2.21. The summed E-state index contributed by atoms with van der Waals surface area (Å²) < 4.78 is 5.20. The van der Waals surface area contributed by atoms with Gasteiger partial charge in [-0.3, -0.25) is 4.79 Å². The maximum absolute atomic E-state index is 12.3. The van der Waals surface area contributed by atoms with Crippen LogP contribution in [0.4, 0.5) is 5.69 Å². The summed E-state index contributed by atoms with van der Waals surface area (Å²) in [5.41, 5.74) is 6.81. The second kappa shape index (κ2) is 6.13. The highest BCUT2D eigenvalue weighted by Crippen LogP contribution is 2.26. The molecule has 1 aromatic rings. The third kappa shape index (κ3) is 2.90. The van der Waals surface area contributed by atoms with Crippen molar-refractivity contribution in [1.29, 1.82) is 0 Å². The minimum atomic E-state index is -0.0292. The normalized spacial score (nSPS) is 10.1. The maximum atomic E-state index is 12.3. The average Bonchev–Trinajstić information content (AvgIpc) is 2.34. The van der Waals surface area contributed by atoms with Gasteiger partial charge < -0.3 is 15.4 Å². The first-order valence-corrected chi connectivity index (χ1v) is 5.87. The molecule has 1 amide bonds. The highest BCUT2D eigenvalue weighted by molar-refractivity contribution is 5.98. The number of nitrogens with zero attached hydrogens (tertiary/aromatic N) is 1. The molecule has 0 aliphatic heterocycles. The number of carbonyl (C=O) groups is 1. The van der Waals surface area contributed by atoms with Crippen LogP contribution in [0.5, 0.6) is 5.75 Å². The number of methoxy groups -OCH3 is 1. The van der Waals surface area contributed by atoms with Gasteiger partial charge in [-0.2, -0.15) is 0 Å². The number of anilines is 1. The SMILES string of the molecule is CCCN(CC)C(=O)c1cccc(N)c1OC. The Morgan fingerprint density at radius 2 is 2.12 bits per heavy atom. The lowest BCUT2D eigenvalue weighted by atomic mass is 10.1. The molecule has 2 N–H and O–H groups in total. The number of para-hydroxylation sites is 1. The molecule has 4 nitrogen and oxygen atoms in total. The first-order valence-electron chi connectivity index (χ1n) is 5.87. The molecule has 0 saturated heterocycles. The highest BCUT2D eigenvalue weighted by atomic mass is 16.5. The minimum Gasteiger partial charge on any atom is -0.494 e. The average molecular weight is 236 g/mol. The number of rotatable bonds is 5. The van der Waals surface area contributed by atoms with Crippen LogP contribution >= 0.6 is 0 Å². The van der Waals surface area contributed by atoms with E-state index in [1.807, 2.05) is 13.8 Å². The summed E-state index contributed by atoms with van der Waals surface area (Å²) in [5.74, 6) is 0.436. The number of carbonyl (C=O) groups excluding carboxylic acids is 1. The Bertz CT molecular complexity index is 391. The van der Waals surface area contributed by atoms with Crippen LogP contribution in [0.15, 0.2) is 18.2 Å². The maximum Gasteiger partial charge on any atom is 0.257 e. The van der Waals surface area contributed by atoms with Crippen LogP contribution in [0.2, 0.25) is 0 Å². The topological polar surface area (TPSA) is 55.6 Å². The molecule has 1 aromatic carbocycles. The van der Waals surface area contributed by atoms with Crippen LogP contribution in [0.3, 0.4) is 0 Å². The molecule has 0 fully saturated rings. The Labute approximate surface area is 102 Å². The van der Waals surface area contributed by atoms with Crippen LogP contribution in [0.1, 0.15) is 30.6 Å². The smallest absolute Gasteiger partial charge is 0.257 e. The van der Waals surface area contributed by atoms with Gasteiger partial charge in [-0.25, -0.2) is 0 Å². The van der Waals surface area contributed by atoms with E-state index in [0.717, 1.165) is 13.0 Å². The van der Waals surface area contributed by atoms with Crippen molar-refractivity contribution in [2.75, 3.05) is 25.9 Å². The molecular weight excluding hydrogens is 216 g/mol. The Morgan fingerprint density at radius 1 is 1.41 bits per heavy atom. The van der Waals surface area contributed by atoms with Gasteiger partial charge in [-0.1, -0.05) is 13.0 Å². The van der Waals surface area contributed by atoms with Gasteiger partial charge in [0.05, 0.1) is 18.4 Å². The van der Waals surface area contributed by atoms with Crippen LogP contribution < -0.4 is 10.5 Å². The van der Waals surface area contributed by atoms with Crippen molar-refractivity contribution < 1.29 is 9.53 Å². The summed E-state index contributed by atoms with van der Waals surface area (Å²) in [6, 6.07) is 5.24. The molecule has 0 aliphatic rings. The van der Waals surface area contributed by atoms with E-state index in [1.54, 1.807) is 23.1 Å². The predicted molar refractivity (Wildman–Crippen MR) is 69.3 cm³/mol. The molecule has 0 atom stereocenters. The van der Waals surface area contributed by atoms with Gasteiger partial charge in [0.25, 0.3) is 5.91 Å².